The van der Waals surface area contributed by atoms with Gasteiger partial charge in [0.05, 0.1) is 0 Å². The first-order valence-electron chi connectivity index (χ1n) is 6.96. The Morgan fingerprint density at radius 3 is 2.22 bits per heavy atom. The molecule has 0 atom stereocenters. The molecule has 1 heteroatoms. The molecule has 0 radical (unpaired) electrons. The molecule has 1 aromatic rings. The van der Waals surface area contributed by atoms with Crippen molar-refractivity contribution in [3.05, 3.63) is 41.5 Å². The normalized spacial score (nSPS) is 15.4. The van der Waals surface area contributed by atoms with Crippen LogP contribution in [0.3, 0.4) is 0 Å². The van der Waals surface area contributed by atoms with Crippen molar-refractivity contribution in [2.24, 2.45) is 0 Å². The number of hydrogen-bond acceptors (Lipinski definition) is 1. The molecule has 2 rings (SSSR count). The van der Waals surface area contributed by atoms with Gasteiger partial charge in [-0.05, 0) is 62.5 Å². The SMILES string of the molecule is C=Cc1cccc(C(C)C)c1C.CN1CCCC1. The summed E-state index contributed by atoms with van der Waals surface area (Å²) in [5.41, 5.74) is 4.04. The summed E-state index contributed by atoms with van der Waals surface area (Å²) < 4.78 is 0. The van der Waals surface area contributed by atoms with E-state index in [0.29, 0.717) is 5.92 Å². The summed E-state index contributed by atoms with van der Waals surface area (Å²) in [4.78, 5) is 2.36. The fourth-order valence-corrected chi connectivity index (χ4v) is 2.39. The molecular weight excluding hydrogens is 218 g/mol. The van der Waals surface area contributed by atoms with Gasteiger partial charge in [0.15, 0.2) is 0 Å². The Bertz CT molecular complexity index is 373. The van der Waals surface area contributed by atoms with Gasteiger partial charge in [-0.1, -0.05) is 44.7 Å². The molecule has 1 fully saturated rings. The molecule has 1 aromatic carbocycles. The fourth-order valence-electron chi connectivity index (χ4n) is 2.39. The van der Waals surface area contributed by atoms with E-state index in [1.54, 1.807) is 0 Å². The van der Waals surface area contributed by atoms with Crippen LogP contribution in [0.4, 0.5) is 0 Å². The van der Waals surface area contributed by atoms with Crippen LogP contribution in [0.15, 0.2) is 24.8 Å². The van der Waals surface area contributed by atoms with Gasteiger partial charge in [-0.15, -0.1) is 0 Å². The molecule has 100 valence electrons. The van der Waals surface area contributed by atoms with Gasteiger partial charge in [-0.2, -0.15) is 0 Å². The minimum absolute atomic E-state index is 0.602. The van der Waals surface area contributed by atoms with Crippen molar-refractivity contribution < 1.29 is 0 Å². The monoisotopic (exact) mass is 245 g/mol. The van der Waals surface area contributed by atoms with E-state index in [1.165, 1.54) is 42.6 Å². The molecule has 1 aliphatic heterocycles. The van der Waals surface area contributed by atoms with E-state index in [2.05, 4.69) is 57.5 Å². The van der Waals surface area contributed by atoms with Crippen LogP contribution in [-0.4, -0.2) is 25.0 Å². The number of hydrogen-bond donors (Lipinski definition) is 0. The Hall–Kier alpha value is -1.08. The molecule has 0 saturated carbocycles. The van der Waals surface area contributed by atoms with Gasteiger partial charge in [0.2, 0.25) is 0 Å². The summed E-state index contributed by atoms with van der Waals surface area (Å²) in [5.74, 6) is 0.602. The Balaban J connectivity index is 0.000000225. The van der Waals surface area contributed by atoms with Gasteiger partial charge >= 0.3 is 0 Å². The van der Waals surface area contributed by atoms with E-state index >= 15 is 0 Å². The Kier molecular flexibility index (Phi) is 6.14. The number of rotatable bonds is 2. The van der Waals surface area contributed by atoms with Crippen molar-refractivity contribution in [1.82, 2.24) is 4.90 Å². The number of likely N-dealkylation sites (tertiary alicyclic amines) is 1. The maximum Gasteiger partial charge on any atom is -0.00213 e. The molecule has 0 bridgehead atoms. The van der Waals surface area contributed by atoms with Gasteiger partial charge < -0.3 is 4.90 Å². The van der Waals surface area contributed by atoms with Crippen molar-refractivity contribution in [2.45, 2.75) is 39.5 Å². The summed E-state index contributed by atoms with van der Waals surface area (Å²) in [5, 5.41) is 0. The van der Waals surface area contributed by atoms with Crippen LogP contribution in [0.5, 0.6) is 0 Å². The lowest BCUT2D eigenvalue weighted by Crippen LogP contribution is -2.10. The second-order valence-corrected chi connectivity index (χ2v) is 5.43. The highest BCUT2D eigenvalue weighted by Gasteiger charge is 2.04. The third kappa shape index (κ3) is 4.30. The predicted octanol–water partition coefficient (Wildman–Crippen LogP) is 4.47. The van der Waals surface area contributed by atoms with Gasteiger partial charge in [-0.25, -0.2) is 0 Å². The van der Waals surface area contributed by atoms with Crippen LogP contribution in [0.1, 0.15) is 49.3 Å². The van der Waals surface area contributed by atoms with Crippen LogP contribution >= 0.6 is 0 Å². The molecule has 1 heterocycles. The zero-order valence-corrected chi connectivity index (χ0v) is 12.4. The maximum atomic E-state index is 3.79. The molecule has 0 unspecified atom stereocenters. The molecule has 1 nitrogen and oxygen atoms in total. The van der Waals surface area contributed by atoms with Crippen molar-refractivity contribution >= 4 is 6.08 Å². The molecule has 0 aliphatic carbocycles. The highest BCUT2D eigenvalue weighted by molar-refractivity contribution is 5.54. The lowest BCUT2D eigenvalue weighted by atomic mass is 9.94. The topological polar surface area (TPSA) is 3.24 Å². The van der Waals surface area contributed by atoms with Gasteiger partial charge in [0, 0.05) is 0 Å². The minimum Gasteiger partial charge on any atom is -0.306 e. The van der Waals surface area contributed by atoms with Crippen LogP contribution < -0.4 is 0 Å². The molecule has 0 spiro atoms. The molecule has 0 N–H and O–H groups in total. The Morgan fingerprint density at radius 1 is 1.22 bits per heavy atom. The van der Waals surface area contributed by atoms with Crippen LogP contribution in [0.25, 0.3) is 6.08 Å². The first-order valence-corrected chi connectivity index (χ1v) is 6.96. The number of benzene rings is 1. The van der Waals surface area contributed by atoms with Crippen LogP contribution in [0, 0.1) is 6.92 Å². The zero-order chi connectivity index (χ0) is 13.5. The van der Waals surface area contributed by atoms with E-state index in [0.717, 1.165) is 0 Å². The van der Waals surface area contributed by atoms with Crippen molar-refractivity contribution in [1.29, 1.82) is 0 Å². The second-order valence-electron chi connectivity index (χ2n) is 5.43. The molecule has 1 aliphatic rings. The lowest BCUT2D eigenvalue weighted by molar-refractivity contribution is 0.418. The third-order valence-electron chi connectivity index (χ3n) is 3.59. The summed E-state index contributed by atoms with van der Waals surface area (Å²) in [6.07, 6.45) is 4.74. The molecule has 0 amide bonds. The Morgan fingerprint density at radius 2 is 1.83 bits per heavy atom. The average molecular weight is 245 g/mol. The molecule has 0 aromatic heterocycles. The molecular formula is C17H27N. The maximum absolute atomic E-state index is 3.79. The first kappa shape index (κ1) is 15.0. The third-order valence-corrected chi connectivity index (χ3v) is 3.59. The molecule has 18 heavy (non-hydrogen) atoms. The van der Waals surface area contributed by atoms with E-state index in [9.17, 15) is 0 Å². The van der Waals surface area contributed by atoms with Gasteiger partial charge in [0.1, 0.15) is 0 Å². The second kappa shape index (κ2) is 7.38. The van der Waals surface area contributed by atoms with E-state index in [4.69, 9.17) is 0 Å². The summed E-state index contributed by atoms with van der Waals surface area (Å²) in [7, 11) is 2.17. The summed E-state index contributed by atoms with van der Waals surface area (Å²) in [6, 6.07) is 6.39. The summed E-state index contributed by atoms with van der Waals surface area (Å²) >= 11 is 0. The standard InChI is InChI=1S/C12H16.C5H11N/c1-5-11-7-6-8-12(9(2)3)10(11)4;1-6-4-2-3-5-6/h5-9H,1H2,2-4H3;2-5H2,1H3. The quantitative estimate of drug-likeness (QED) is 0.743. The summed E-state index contributed by atoms with van der Waals surface area (Å²) in [6.45, 7) is 13.0. The number of nitrogens with zero attached hydrogens (tertiary/aromatic N) is 1. The van der Waals surface area contributed by atoms with Gasteiger partial charge in [0.25, 0.3) is 0 Å². The van der Waals surface area contributed by atoms with E-state index in [-0.39, 0.29) is 0 Å². The molecule has 1 saturated heterocycles. The van der Waals surface area contributed by atoms with Gasteiger partial charge in [-0.3, -0.25) is 0 Å². The average Bonchev–Trinajstić information content (AvgIpc) is 2.81. The highest BCUT2D eigenvalue weighted by Crippen LogP contribution is 2.22. The van der Waals surface area contributed by atoms with Crippen molar-refractivity contribution in [3.8, 4) is 0 Å². The smallest absolute Gasteiger partial charge is 0.00213 e. The first-order chi connectivity index (χ1) is 8.56. The van der Waals surface area contributed by atoms with Crippen molar-refractivity contribution in [3.63, 3.8) is 0 Å². The minimum atomic E-state index is 0.602. The van der Waals surface area contributed by atoms with Crippen LogP contribution in [-0.2, 0) is 0 Å². The highest BCUT2D eigenvalue weighted by atomic mass is 15.1. The van der Waals surface area contributed by atoms with E-state index < -0.39 is 0 Å². The Labute approximate surface area is 113 Å². The fraction of sp³-hybridized carbons (Fsp3) is 0.529. The predicted molar refractivity (Wildman–Crippen MR) is 82.1 cm³/mol. The largest absolute Gasteiger partial charge is 0.306 e. The van der Waals surface area contributed by atoms with E-state index in [1.807, 2.05) is 6.08 Å². The zero-order valence-electron chi connectivity index (χ0n) is 12.4. The van der Waals surface area contributed by atoms with Crippen molar-refractivity contribution in [2.75, 3.05) is 20.1 Å². The lowest BCUT2D eigenvalue weighted by Gasteiger charge is -2.11. The van der Waals surface area contributed by atoms with Crippen LogP contribution in [0.2, 0.25) is 0 Å².